The van der Waals surface area contributed by atoms with E-state index < -0.39 is 0 Å². The van der Waals surface area contributed by atoms with Crippen molar-refractivity contribution in [2.75, 3.05) is 18.0 Å². The highest BCUT2D eigenvalue weighted by Gasteiger charge is 2.16. The Kier molecular flexibility index (Phi) is 8.99. The molecule has 3 rings (SSSR count). The number of rotatable bonds is 5. The van der Waals surface area contributed by atoms with Crippen LogP contribution in [0.3, 0.4) is 0 Å². The Morgan fingerprint density at radius 3 is 2.37 bits per heavy atom. The molecule has 0 unspecified atom stereocenters. The second-order valence-corrected chi connectivity index (χ2v) is 6.10. The summed E-state index contributed by atoms with van der Waals surface area (Å²) >= 11 is 0. The van der Waals surface area contributed by atoms with Crippen molar-refractivity contribution in [3.63, 3.8) is 0 Å². The Labute approximate surface area is 164 Å². The summed E-state index contributed by atoms with van der Waals surface area (Å²) in [5, 5.41) is 1.09. The normalized spacial score (nSPS) is 10.1. The Morgan fingerprint density at radius 2 is 1.81 bits per heavy atom. The zero-order chi connectivity index (χ0) is 20.6. The molecule has 0 aliphatic carbocycles. The second kappa shape index (κ2) is 10.7. The Balaban J connectivity index is 0.000000855. The first-order valence-electron chi connectivity index (χ1n) is 10.2. The van der Waals surface area contributed by atoms with Gasteiger partial charge in [0.05, 0.1) is 5.52 Å². The van der Waals surface area contributed by atoms with Gasteiger partial charge in [-0.15, -0.1) is 0 Å². The molecule has 2 aromatic heterocycles. The second-order valence-electron chi connectivity index (χ2n) is 6.10. The zero-order valence-electron chi connectivity index (χ0n) is 18.4. The maximum absolute atomic E-state index is 5.02. The van der Waals surface area contributed by atoms with Gasteiger partial charge in [0, 0.05) is 36.4 Å². The Morgan fingerprint density at radius 1 is 1.15 bits per heavy atom. The smallest absolute Gasteiger partial charge is 0.211 e. The summed E-state index contributed by atoms with van der Waals surface area (Å²) in [6, 6.07) is 4.33. The molecule has 0 saturated heterocycles. The van der Waals surface area contributed by atoms with Crippen molar-refractivity contribution in [3.8, 4) is 0 Å². The topological polar surface area (TPSA) is 33.4 Å². The average molecular weight is 369 g/mol. The van der Waals surface area contributed by atoms with Gasteiger partial charge in [-0.05, 0) is 50.5 Å². The number of hydrogen-bond donors (Lipinski definition) is 0. The fourth-order valence-electron chi connectivity index (χ4n) is 3.11. The predicted molar refractivity (Wildman–Crippen MR) is 121 cm³/mol. The highest BCUT2D eigenvalue weighted by Crippen LogP contribution is 2.30. The van der Waals surface area contributed by atoms with Crippen LogP contribution in [0.25, 0.3) is 22.1 Å². The van der Waals surface area contributed by atoms with Crippen LogP contribution >= 0.6 is 0 Å². The summed E-state index contributed by atoms with van der Waals surface area (Å²) in [4.78, 5) is 11.9. The van der Waals surface area contributed by atoms with Crippen molar-refractivity contribution in [1.29, 1.82) is 0 Å². The van der Waals surface area contributed by atoms with Gasteiger partial charge >= 0.3 is 0 Å². The molecule has 0 amide bonds. The lowest BCUT2D eigenvalue weighted by Gasteiger charge is -2.23. The summed E-state index contributed by atoms with van der Waals surface area (Å²) < 4.78 is 2.10. The van der Waals surface area contributed by atoms with Crippen LogP contribution in [-0.2, 0) is 0 Å². The fraction of sp³-hybridized carbons (Fsp3) is 0.478. The molecule has 0 bridgehead atoms. The van der Waals surface area contributed by atoms with E-state index in [0.29, 0.717) is 0 Å². The minimum Gasteiger partial charge on any atom is -0.342 e. The third kappa shape index (κ3) is 4.68. The molecule has 0 atom stereocenters. The Hall–Kier alpha value is -2.36. The first kappa shape index (κ1) is 22.7. The highest BCUT2D eigenvalue weighted by molar-refractivity contribution is 5.99. The highest BCUT2D eigenvalue weighted by atomic mass is 15.3. The molecule has 0 radical (unpaired) electrons. The van der Waals surface area contributed by atoms with Crippen LogP contribution < -0.4 is 4.90 Å². The maximum atomic E-state index is 5.02. The monoisotopic (exact) mass is 368 g/mol. The average Bonchev–Trinajstić information content (AvgIpc) is 3.18. The SMILES string of the molecule is C=C(C)c1cc(C)cc2c1nc(N(CC)CCC)n1ccnc21.CC.CC. The lowest BCUT2D eigenvalue weighted by atomic mass is 10.0. The summed E-state index contributed by atoms with van der Waals surface area (Å²) in [5.41, 5.74) is 5.30. The molecule has 0 fully saturated rings. The first-order valence-corrected chi connectivity index (χ1v) is 10.2. The van der Waals surface area contributed by atoms with Crippen molar-refractivity contribution in [2.24, 2.45) is 0 Å². The zero-order valence-corrected chi connectivity index (χ0v) is 18.4. The van der Waals surface area contributed by atoms with E-state index in [9.17, 15) is 0 Å². The van der Waals surface area contributed by atoms with Crippen molar-refractivity contribution in [2.45, 2.75) is 61.8 Å². The minimum atomic E-state index is 0.924. The van der Waals surface area contributed by atoms with E-state index in [-0.39, 0.29) is 0 Å². The van der Waals surface area contributed by atoms with Gasteiger partial charge in [0.2, 0.25) is 5.95 Å². The molecule has 0 aliphatic rings. The molecule has 0 saturated carbocycles. The third-order valence-corrected chi connectivity index (χ3v) is 4.18. The number of hydrogen-bond acceptors (Lipinski definition) is 3. The van der Waals surface area contributed by atoms with E-state index in [1.165, 1.54) is 5.56 Å². The molecule has 2 heterocycles. The summed E-state index contributed by atoms with van der Waals surface area (Å²) in [7, 11) is 0. The van der Waals surface area contributed by atoms with E-state index >= 15 is 0 Å². The molecular formula is C23H36N4. The van der Waals surface area contributed by atoms with Crippen LogP contribution in [-0.4, -0.2) is 27.5 Å². The van der Waals surface area contributed by atoms with Gasteiger partial charge in [0.1, 0.15) is 5.65 Å². The number of nitrogens with zero attached hydrogens (tertiary/aromatic N) is 4. The summed E-state index contributed by atoms with van der Waals surface area (Å²) in [6.45, 7) is 22.5. The molecule has 0 aliphatic heterocycles. The van der Waals surface area contributed by atoms with Gasteiger partial charge in [0.15, 0.2) is 0 Å². The van der Waals surface area contributed by atoms with Crippen LogP contribution in [0.2, 0.25) is 0 Å². The fourth-order valence-corrected chi connectivity index (χ4v) is 3.11. The number of benzene rings is 1. The number of imidazole rings is 1. The lowest BCUT2D eigenvalue weighted by molar-refractivity contribution is 0.757. The van der Waals surface area contributed by atoms with Crippen LogP contribution in [0.1, 0.15) is 66.0 Å². The van der Waals surface area contributed by atoms with E-state index in [1.54, 1.807) is 0 Å². The molecule has 27 heavy (non-hydrogen) atoms. The number of allylic oxidation sites excluding steroid dienone is 1. The molecule has 4 nitrogen and oxygen atoms in total. The van der Waals surface area contributed by atoms with E-state index in [4.69, 9.17) is 4.98 Å². The van der Waals surface area contributed by atoms with E-state index in [2.05, 4.69) is 53.8 Å². The maximum Gasteiger partial charge on any atom is 0.211 e. The molecule has 0 N–H and O–H groups in total. The number of fused-ring (bicyclic) bond motifs is 3. The standard InChI is InChI=1S/C19H24N4.2C2H6/c1-6-9-22(7-2)19-21-17-15(13(3)4)11-14(5)12-16(17)18-20-8-10-23(18)19;2*1-2/h8,10-12H,3,6-7,9H2,1-2,4-5H3;2*1-2H3. The van der Waals surface area contributed by atoms with Gasteiger partial charge in [-0.3, -0.25) is 4.40 Å². The predicted octanol–water partition coefficient (Wildman–Crippen LogP) is 6.51. The van der Waals surface area contributed by atoms with Crippen LogP contribution in [0.15, 0.2) is 31.1 Å². The van der Waals surface area contributed by atoms with Gasteiger partial charge in [-0.1, -0.05) is 41.2 Å². The molecule has 148 valence electrons. The summed E-state index contributed by atoms with van der Waals surface area (Å²) in [6.07, 6.45) is 4.94. The quantitative estimate of drug-likeness (QED) is 0.514. The van der Waals surface area contributed by atoms with Crippen LogP contribution in [0.5, 0.6) is 0 Å². The number of aryl methyl sites for hydroxylation is 1. The number of aromatic nitrogens is 3. The van der Waals surface area contributed by atoms with Gasteiger partial charge in [-0.2, -0.15) is 0 Å². The molecule has 4 heteroatoms. The lowest BCUT2D eigenvalue weighted by Crippen LogP contribution is -2.26. The molecule has 3 aromatic rings. The van der Waals surface area contributed by atoms with Crippen LogP contribution in [0.4, 0.5) is 5.95 Å². The largest absolute Gasteiger partial charge is 0.342 e. The third-order valence-electron chi connectivity index (χ3n) is 4.18. The number of anilines is 1. The molecular weight excluding hydrogens is 332 g/mol. The van der Waals surface area contributed by atoms with Gasteiger partial charge in [0.25, 0.3) is 0 Å². The van der Waals surface area contributed by atoms with Gasteiger partial charge < -0.3 is 4.90 Å². The van der Waals surface area contributed by atoms with Crippen molar-refractivity contribution >= 4 is 28.1 Å². The van der Waals surface area contributed by atoms with E-state index in [1.807, 2.05) is 47.0 Å². The minimum absolute atomic E-state index is 0.924. The van der Waals surface area contributed by atoms with Crippen molar-refractivity contribution < 1.29 is 0 Å². The van der Waals surface area contributed by atoms with Crippen molar-refractivity contribution in [1.82, 2.24) is 14.4 Å². The van der Waals surface area contributed by atoms with Crippen molar-refractivity contribution in [3.05, 3.63) is 42.2 Å². The Bertz CT molecular complexity index is 877. The summed E-state index contributed by atoms with van der Waals surface area (Å²) in [5.74, 6) is 0.959. The molecule has 1 aromatic carbocycles. The van der Waals surface area contributed by atoms with Gasteiger partial charge in [-0.25, -0.2) is 9.97 Å². The molecule has 0 spiro atoms. The van der Waals surface area contributed by atoms with E-state index in [0.717, 1.165) is 53.1 Å². The van der Waals surface area contributed by atoms with Crippen LogP contribution in [0, 0.1) is 6.92 Å². The first-order chi connectivity index (χ1) is 13.1.